The summed E-state index contributed by atoms with van der Waals surface area (Å²) in [4.78, 5) is 9.55. The normalized spacial score (nSPS) is 10.7. The van der Waals surface area contributed by atoms with Crippen LogP contribution in [-0.4, -0.2) is 23.2 Å². The smallest absolute Gasteiger partial charge is 0.292 e. The number of hydrogen-bond acceptors (Lipinski definition) is 3. The quantitative estimate of drug-likeness (QED) is 0.180. The maximum atomic E-state index is 9.55. The summed E-state index contributed by atoms with van der Waals surface area (Å²) in [6, 6.07) is 0. The summed E-state index contributed by atoms with van der Waals surface area (Å²) in [5, 5.41) is 21.6. The summed E-state index contributed by atoms with van der Waals surface area (Å²) in [7, 11) is 1.38. The van der Waals surface area contributed by atoms with Crippen LogP contribution >= 0.6 is 0 Å². The lowest BCUT2D eigenvalue weighted by atomic mass is 11.0. The zero-order valence-electron chi connectivity index (χ0n) is 4.66. The van der Waals surface area contributed by atoms with Crippen LogP contribution in [-0.2, 0) is 0 Å². The van der Waals surface area contributed by atoms with Crippen molar-refractivity contribution in [2.75, 3.05) is 7.05 Å². The van der Waals surface area contributed by atoms with E-state index < -0.39 is 5.03 Å². The van der Waals surface area contributed by atoms with Crippen molar-refractivity contribution in [2.45, 2.75) is 0 Å². The molecule has 0 fully saturated rings. The minimum absolute atomic E-state index is 0.306. The van der Waals surface area contributed by atoms with Crippen LogP contribution in [0.4, 0.5) is 0 Å². The van der Waals surface area contributed by atoms with Crippen LogP contribution < -0.4 is 10.8 Å². The number of hydroxylamine groups is 1. The van der Waals surface area contributed by atoms with Gasteiger partial charge in [-0.2, -0.15) is 0 Å². The standard InChI is InChI=1S/C2H6N4O3/c1-3-2(5-7)4-6(8)9/h7H,1H3,(H2,3,4,5). The number of guanidine groups is 1. The van der Waals surface area contributed by atoms with Gasteiger partial charge in [0.1, 0.15) is 5.10 Å². The number of hydrogen-bond donors (Lipinski definition) is 3. The number of nitrogens with zero attached hydrogens (tertiary/aromatic N) is 2. The van der Waals surface area contributed by atoms with Crippen molar-refractivity contribution in [3.63, 3.8) is 0 Å². The van der Waals surface area contributed by atoms with Crippen LogP contribution in [0.2, 0.25) is 0 Å². The van der Waals surface area contributed by atoms with Crippen molar-refractivity contribution in [3.8, 4) is 0 Å². The lowest BCUT2D eigenvalue weighted by Gasteiger charge is -1.94. The van der Waals surface area contributed by atoms with E-state index >= 15 is 0 Å². The average Bonchev–Trinajstić information content (AvgIpc) is 1.82. The van der Waals surface area contributed by atoms with Gasteiger partial charge in [-0.1, -0.05) is 0 Å². The third-order valence-corrected chi connectivity index (χ3v) is 0.524. The zero-order valence-corrected chi connectivity index (χ0v) is 4.66. The molecule has 0 aromatic carbocycles. The molecule has 0 heterocycles. The second kappa shape index (κ2) is 3.61. The molecule has 0 saturated carbocycles. The van der Waals surface area contributed by atoms with Crippen molar-refractivity contribution < 1.29 is 10.2 Å². The molecule has 0 aromatic rings. The summed E-state index contributed by atoms with van der Waals surface area (Å²) in [6.45, 7) is 0. The Kier molecular flexibility index (Phi) is 3.06. The molecule has 0 aliphatic carbocycles. The minimum Gasteiger partial charge on any atom is -0.352 e. The van der Waals surface area contributed by atoms with E-state index in [0.29, 0.717) is 0 Å². The first-order valence-corrected chi connectivity index (χ1v) is 2.01. The summed E-state index contributed by atoms with van der Waals surface area (Å²) >= 11 is 0. The second-order valence-electron chi connectivity index (χ2n) is 1.05. The largest absolute Gasteiger partial charge is 0.352 e. The SMILES string of the molecule is CN/C(=N/[N+](=O)[O-])NO. The molecular weight excluding hydrogens is 128 g/mol. The summed E-state index contributed by atoms with van der Waals surface area (Å²) in [5.41, 5.74) is 1.48. The van der Waals surface area contributed by atoms with E-state index in [1.165, 1.54) is 12.5 Å². The van der Waals surface area contributed by atoms with Gasteiger partial charge in [0.05, 0.1) is 0 Å². The van der Waals surface area contributed by atoms with Crippen LogP contribution in [0.5, 0.6) is 0 Å². The highest BCUT2D eigenvalue weighted by Gasteiger charge is 1.96. The van der Waals surface area contributed by atoms with Crippen molar-refractivity contribution in [1.29, 1.82) is 0 Å². The number of hydrazone groups is 1. The Morgan fingerprint density at radius 2 is 2.44 bits per heavy atom. The average molecular weight is 134 g/mol. The van der Waals surface area contributed by atoms with Crippen LogP contribution in [0.15, 0.2) is 5.10 Å². The van der Waals surface area contributed by atoms with Crippen molar-refractivity contribution in [1.82, 2.24) is 10.8 Å². The third kappa shape index (κ3) is 3.23. The molecule has 9 heavy (non-hydrogen) atoms. The highest BCUT2D eigenvalue weighted by Crippen LogP contribution is 1.67. The maximum Gasteiger partial charge on any atom is 0.292 e. The van der Waals surface area contributed by atoms with Gasteiger partial charge in [-0.25, -0.2) is 15.6 Å². The van der Waals surface area contributed by atoms with Gasteiger partial charge in [-0.15, -0.1) is 0 Å². The van der Waals surface area contributed by atoms with Gasteiger partial charge in [-0.05, 0) is 0 Å². The van der Waals surface area contributed by atoms with Crippen molar-refractivity contribution in [2.24, 2.45) is 5.10 Å². The fourth-order valence-corrected chi connectivity index (χ4v) is 0.210. The van der Waals surface area contributed by atoms with E-state index in [0.717, 1.165) is 0 Å². The Hall–Kier alpha value is -1.37. The van der Waals surface area contributed by atoms with Crippen LogP contribution in [0.25, 0.3) is 0 Å². The maximum absolute atomic E-state index is 9.55. The highest BCUT2D eigenvalue weighted by molar-refractivity contribution is 5.77. The summed E-state index contributed by atoms with van der Waals surface area (Å²) in [6.07, 6.45) is 0. The molecule has 52 valence electrons. The van der Waals surface area contributed by atoms with Gasteiger partial charge in [0, 0.05) is 7.05 Å². The molecule has 0 aromatic heterocycles. The van der Waals surface area contributed by atoms with E-state index in [9.17, 15) is 10.1 Å². The van der Waals surface area contributed by atoms with Crippen LogP contribution in [0, 0.1) is 10.1 Å². The summed E-state index contributed by atoms with van der Waals surface area (Å²) < 4.78 is 0. The van der Waals surface area contributed by atoms with E-state index in [1.54, 1.807) is 0 Å². The first-order valence-electron chi connectivity index (χ1n) is 2.01. The molecule has 0 unspecified atom stereocenters. The molecule has 0 aliphatic rings. The van der Waals surface area contributed by atoms with Gasteiger partial charge in [0.15, 0.2) is 5.03 Å². The number of nitro groups is 1. The first kappa shape index (κ1) is 7.63. The Morgan fingerprint density at radius 3 is 2.56 bits per heavy atom. The molecule has 0 rings (SSSR count). The third-order valence-electron chi connectivity index (χ3n) is 0.524. The molecule has 0 spiro atoms. The first-order chi connectivity index (χ1) is 4.20. The molecule has 0 atom stereocenters. The Balaban J connectivity index is 3.91. The molecule has 0 amide bonds. The molecule has 0 radical (unpaired) electrons. The fraction of sp³-hybridized carbons (Fsp3) is 0.500. The number of nitrogens with one attached hydrogen (secondary N) is 2. The van der Waals surface area contributed by atoms with E-state index in [2.05, 4.69) is 10.4 Å². The monoisotopic (exact) mass is 134 g/mol. The molecular formula is C2H6N4O3. The van der Waals surface area contributed by atoms with Gasteiger partial charge < -0.3 is 5.32 Å². The van der Waals surface area contributed by atoms with Gasteiger partial charge in [0.25, 0.3) is 5.96 Å². The van der Waals surface area contributed by atoms with E-state index in [4.69, 9.17) is 5.21 Å². The predicted octanol–water partition coefficient (Wildman–Crippen LogP) is -1.27. The lowest BCUT2D eigenvalue weighted by molar-refractivity contribution is -0.485. The fourth-order valence-electron chi connectivity index (χ4n) is 0.210. The summed E-state index contributed by atoms with van der Waals surface area (Å²) in [5.74, 6) is -0.306. The number of rotatable bonds is 1. The second-order valence-corrected chi connectivity index (χ2v) is 1.05. The van der Waals surface area contributed by atoms with E-state index in [-0.39, 0.29) is 5.96 Å². The predicted molar refractivity (Wildman–Crippen MR) is 28.4 cm³/mol. The Labute approximate surface area is 50.5 Å². The highest BCUT2D eigenvalue weighted by atomic mass is 16.7. The molecule has 0 aliphatic heterocycles. The molecule has 0 saturated heterocycles. The zero-order chi connectivity index (χ0) is 7.28. The molecule has 7 heteroatoms. The topological polar surface area (TPSA) is 99.8 Å². The lowest BCUT2D eigenvalue weighted by Crippen LogP contribution is -2.32. The van der Waals surface area contributed by atoms with Crippen LogP contribution in [0.1, 0.15) is 0 Å². The Morgan fingerprint density at radius 1 is 1.89 bits per heavy atom. The Bertz CT molecular complexity index is 126. The minimum atomic E-state index is -0.935. The van der Waals surface area contributed by atoms with E-state index in [1.807, 2.05) is 0 Å². The molecule has 3 N–H and O–H groups in total. The van der Waals surface area contributed by atoms with Crippen molar-refractivity contribution >= 4 is 5.96 Å². The molecule has 0 bridgehead atoms. The van der Waals surface area contributed by atoms with Crippen molar-refractivity contribution in [3.05, 3.63) is 10.1 Å². The van der Waals surface area contributed by atoms with Gasteiger partial charge >= 0.3 is 0 Å². The van der Waals surface area contributed by atoms with Gasteiger partial charge in [0.2, 0.25) is 0 Å². The molecule has 7 nitrogen and oxygen atoms in total. The van der Waals surface area contributed by atoms with Crippen LogP contribution in [0.3, 0.4) is 0 Å². The van der Waals surface area contributed by atoms with Gasteiger partial charge in [-0.3, -0.25) is 5.21 Å².